The van der Waals surface area contributed by atoms with Gasteiger partial charge in [0.15, 0.2) is 5.82 Å². The van der Waals surface area contributed by atoms with E-state index in [0.29, 0.717) is 38.1 Å². The van der Waals surface area contributed by atoms with Crippen LogP contribution in [-0.2, 0) is 11.2 Å². The van der Waals surface area contributed by atoms with Crippen molar-refractivity contribution in [1.29, 1.82) is 0 Å². The van der Waals surface area contributed by atoms with Gasteiger partial charge < -0.3 is 14.4 Å². The number of pyridine rings is 1. The van der Waals surface area contributed by atoms with Gasteiger partial charge in [-0.3, -0.25) is 10.4 Å². The maximum Gasteiger partial charge on any atom is 0.320 e. The Morgan fingerprint density at radius 1 is 1.13 bits per heavy atom. The number of hydrogen-bond acceptors (Lipinski definition) is 8. The molecule has 0 amide bonds. The summed E-state index contributed by atoms with van der Waals surface area (Å²) in [6.07, 6.45) is 4.22. The Bertz CT molecular complexity index is 989. The van der Waals surface area contributed by atoms with Crippen LogP contribution in [-0.4, -0.2) is 54.1 Å². The number of ether oxygens (including phenoxy) is 2. The van der Waals surface area contributed by atoms with E-state index in [4.69, 9.17) is 9.47 Å². The molecule has 0 bridgehead atoms. The largest absolute Gasteiger partial charge is 0.463 e. The maximum atomic E-state index is 5.85. The number of morpholine rings is 1. The molecule has 0 atom stereocenters. The van der Waals surface area contributed by atoms with Crippen molar-refractivity contribution in [2.24, 2.45) is 5.10 Å². The van der Waals surface area contributed by atoms with Crippen LogP contribution >= 0.6 is 0 Å². The minimum Gasteiger partial charge on any atom is -0.463 e. The molecule has 0 aliphatic carbocycles. The second-order valence-electron chi connectivity index (χ2n) is 7.19. The van der Waals surface area contributed by atoms with Crippen LogP contribution in [0.15, 0.2) is 59.8 Å². The van der Waals surface area contributed by atoms with Gasteiger partial charge in [-0.2, -0.15) is 15.1 Å². The average molecular weight is 419 g/mol. The van der Waals surface area contributed by atoms with Crippen LogP contribution in [0.1, 0.15) is 16.8 Å². The zero-order valence-corrected chi connectivity index (χ0v) is 17.6. The predicted molar refractivity (Wildman–Crippen MR) is 121 cm³/mol. The van der Waals surface area contributed by atoms with Gasteiger partial charge in [0, 0.05) is 37.5 Å². The van der Waals surface area contributed by atoms with Crippen LogP contribution in [0.4, 0.5) is 11.6 Å². The van der Waals surface area contributed by atoms with Crippen molar-refractivity contribution in [2.45, 2.75) is 13.3 Å². The second-order valence-corrected chi connectivity index (χ2v) is 7.19. The number of hydrogen-bond donors (Lipinski definition) is 1. The van der Waals surface area contributed by atoms with E-state index in [-0.39, 0.29) is 0 Å². The third kappa shape index (κ3) is 6.23. The van der Waals surface area contributed by atoms with Crippen molar-refractivity contribution in [3.63, 3.8) is 0 Å². The molecule has 0 saturated carbocycles. The quantitative estimate of drug-likeness (QED) is 0.444. The zero-order chi connectivity index (χ0) is 21.3. The fourth-order valence-electron chi connectivity index (χ4n) is 3.11. The lowest BCUT2D eigenvalue weighted by Gasteiger charge is -2.28. The summed E-state index contributed by atoms with van der Waals surface area (Å²) in [6.45, 7) is 5.40. The smallest absolute Gasteiger partial charge is 0.320 e. The Hall–Kier alpha value is -3.52. The highest BCUT2D eigenvalue weighted by atomic mass is 16.5. The molecule has 0 unspecified atom stereocenters. The Balaban J connectivity index is 1.46. The number of nitrogens with one attached hydrogen (secondary N) is 1. The molecule has 1 aromatic carbocycles. The molecule has 160 valence electrons. The highest BCUT2D eigenvalue weighted by Gasteiger charge is 2.15. The summed E-state index contributed by atoms with van der Waals surface area (Å²) in [5, 5.41) is 4.32. The molecule has 1 aliphatic rings. The summed E-state index contributed by atoms with van der Waals surface area (Å²) in [5.74, 6) is 1.37. The van der Waals surface area contributed by atoms with E-state index in [1.54, 1.807) is 12.4 Å². The Morgan fingerprint density at radius 2 is 1.97 bits per heavy atom. The molecule has 1 saturated heterocycles. The van der Waals surface area contributed by atoms with E-state index in [1.807, 2.05) is 36.4 Å². The number of benzene rings is 1. The van der Waals surface area contributed by atoms with Gasteiger partial charge in [0.05, 0.1) is 26.0 Å². The lowest BCUT2D eigenvalue weighted by Crippen LogP contribution is -2.36. The molecule has 1 fully saturated rings. The number of aromatic nitrogens is 3. The number of nitrogens with zero attached hydrogens (tertiary/aromatic N) is 5. The molecule has 2 aromatic heterocycles. The first-order valence-electron chi connectivity index (χ1n) is 10.4. The van der Waals surface area contributed by atoms with Crippen molar-refractivity contribution in [1.82, 2.24) is 15.0 Å². The molecular weight excluding hydrogens is 392 g/mol. The first kappa shape index (κ1) is 20.7. The molecule has 8 heteroatoms. The third-order valence-electron chi connectivity index (χ3n) is 4.81. The molecule has 1 N–H and O–H groups in total. The number of rotatable bonds is 8. The second kappa shape index (κ2) is 10.5. The van der Waals surface area contributed by atoms with Gasteiger partial charge in [0.1, 0.15) is 5.82 Å². The summed E-state index contributed by atoms with van der Waals surface area (Å²) in [5.41, 5.74) is 6.19. The summed E-state index contributed by atoms with van der Waals surface area (Å²) in [4.78, 5) is 15.5. The normalized spacial score (nSPS) is 14.0. The molecule has 3 heterocycles. The molecule has 1 aliphatic heterocycles. The minimum atomic E-state index is 0.313. The van der Waals surface area contributed by atoms with E-state index in [0.717, 1.165) is 30.2 Å². The zero-order valence-electron chi connectivity index (χ0n) is 17.6. The van der Waals surface area contributed by atoms with Crippen LogP contribution in [0.2, 0.25) is 0 Å². The lowest BCUT2D eigenvalue weighted by atomic mass is 10.2. The molecule has 31 heavy (non-hydrogen) atoms. The van der Waals surface area contributed by atoms with Crippen molar-refractivity contribution in [2.75, 3.05) is 43.2 Å². The fourth-order valence-corrected chi connectivity index (χ4v) is 3.11. The number of hydrazone groups is 1. The van der Waals surface area contributed by atoms with Crippen LogP contribution in [0, 0.1) is 6.92 Å². The highest BCUT2D eigenvalue weighted by molar-refractivity contribution is 5.80. The maximum absolute atomic E-state index is 5.85. The van der Waals surface area contributed by atoms with Crippen molar-refractivity contribution in [3.05, 3.63) is 71.5 Å². The monoisotopic (exact) mass is 418 g/mol. The van der Waals surface area contributed by atoms with Crippen LogP contribution < -0.4 is 15.1 Å². The number of anilines is 2. The summed E-state index contributed by atoms with van der Waals surface area (Å²) >= 11 is 0. The molecular formula is C23H26N6O2. The van der Waals surface area contributed by atoms with Gasteiger partial charge in [-0.25, -0.2) is 0 Å². The van der Waals surface area contributed by atoms with Gasteiger partial charge >= 0.3 is 6.01 Å². The highest BCUT2D eigenvalue weighted by Crippen LogP contribution is 2.20. The summed E-state index contributed by atoms with van der Waals surface area (Å²) in [7, 11) is 0. The molecule has 0 spiro atoms. The molecule has 3 aromatic rings. The van der Waals surface area contributed by atoms with E-state index >= 15 is 0 Å². The molecule has 4 rings (SSSR count). The van der Waals surface area contributed by atoms with Gasteiger partial charge in [0.25, 0.3) is 0 Å². The standard InChI is InChI=1S/C23H26N6O2/c1-18-5-7-19(8-6-18)17-25-28-21-16-22(29-11-14-30-15-12-29)27-23(26-21)31-13-9-20-4-2-3-10-24-20/h2-8,10,16-17H,9,11-15H2,1H3,(H,26,27,28)/b25-17+. The SMILES string of the molecule is Cc1ccc(/C=N/Nc2cc(N3CCOCC3)nc(OCCc3ccccn3)n2)cc1. The van der Waals surface area contributed by atoms with Gasteiger partial charge in [-0.1, -0.05) is 35.9 Å². The van der Waals surface area contributed by atoms with E-state index < -0.39 is 0 Å². The third-order valence-corrected chi connectivity index (χ3v) is 4.81. The van der Waals surface area contributed by atoms with E-state index in [1.165, 1.54) is 5.56 Å². The Kier molecular flexibility index (Phi) is 7.02. The van der Waals surface area contributed by atoms with Crippen molar-refractivity contribution >= 4 is 17.9 Å². The summed E-state index contributed by atoms with van der Waals surface area (Å²) in [6, 6.07) is 16.2. The molecule has 0 radical (unpaired) electrons. The fraction of sp³-hybridized carbons (Fsp3) is 0.304. The first-order valence-corrected chi connectivity index (χ1v) is 10.4. The first-order chi connectivity index (χ1) is 15.3. The Labute approximate surface area is 182 Å². The van der Waals surface area contributed by atoms with Gasteiger partial charge in [0.2, 0.25) is 0 Å². The number of aryl methyl sites for hydroxylation is 1. The average Bonchev–Trinajstić information content (AvgIpc) is 2.82. The predicted octanol–water partition coefficient (Wildman–Crippen LogP) is 3.08. The topological polar surface area (TPSA) is 84.8 Å². The van der Waals surface area contributed by atoms with E-state index in [9.17, 15) is 0 Å². The van der Waals surface area contributed by atoms with Gasteiger partial charge in [-0.15, -0.1) is 0 Å². The Morgan fingerprint density at radius 3 is 2.74 bits per heavy atom. The summed E-state index contributed by atoms with van der Waals surface area (Å²) < 4.78 is 11.3. The lowest BCUT2D eigenvalue weighted by molar-refractivity contribution is 0.122. The molecule has 8 nitrogen and oxygen atoms in total. The van der Waals surface area contributed by atoms with Crippen LogP contribution in [0.25, 0.3) is 0 Å². The van der Waals surface area contributed by atoms with Crippen molar-refractivity contribution in [3.8, 4) is 6.01 Å². The van der Waals surface area contributed by atoms with Crippen LogP contribution in [0.5, 0.6) is 6.01 Å². The van der Waals surface area contributed by atoms with E-state index in [2.05, 4.69) is 49.4 Å². The minimum absolute atomic E-state index is 0.313. The van der Waals surface area contributed by atoms with Crippen LogP contribution in [0.3, 0.4) is 0 Å². The van der Waals surface area contributed by atoms with Gasteiger partial charge in [-0.05, 0) is 24.6 Å². The van der Waals surface area contributed by atoms with Crippen molar-refractivity contribution < 1.29 is 9.47 Å².